The first-order chi connectivity index (χ1) is 11.6. The number of halogens is 1. The minimum absolute atomic E-state index is 0.0278. The van der Waals surface area contributed by atoms with Gasteiger partial charge >= 0.3 is 5.97 Å². The number of piperidine rings is 1. The molecule has 1 heterocycles. The normalized spacial score (nSPS) is 16.1. The molecule has 0 unspecified atom stereocenters. The van der Waals surface area contributed by atoms with Crippen molar-refractivity contribution in [1.29, 1.82) is 0 Å². The Bertz CT molecular complexity index is 674. The maximum absolute atomic E-state index is 12.2. The Morgan fingerprint density at radius 1 is 1.08 bits per heavy atom. The number of ether oxygens (including phenoxy) is 1. The number of rotatable bonds is 4. The van der Waals surface area contributed by atoms with Crippen LogP contribution in [0.2, 0.25) is 0 Å². The van der Waals surface area contributed by atoms with E-state index in [0.29, 0.717) is 5.56 Å². The monoisotopic (exact) mass is 387 g/mol. The van der Waals surface area contributed by atoms with E-state index >= 15 is 0 Å². The molecule has 3 nitrogen and oxygen atoms in total. The van der Waals surface area contributed by atoms with E-state index in [1.165, 1.54) is 5.56 Å². The van der Waals surface area contributed by atoms with E-state index in [4.69, 9.17) is 4.74 Å². The maximum atomic E-state index is 12.2. The van der Waals surface area contributed by atoms with E-state index < -0.39 is 0 Å². The van der Waals surface area contributed by atoms with Gasteiger partial charge in [0.2, 0.25) is 0 Å². The summed E-state index contributed by atoms with van der Waals surface area (Å²) < 4.78 is 6.76. The van der Waals surface area contributed by atoms with Crippen molar-refractivity contribution in [2.75, 3.05) is 13.1 Å². The van der Waals surface area contributed by atoms with Crippen LogP contribution in [0, 0.1) is 6.92 Å². The van der Waals surface area contributed by atoms with E-state index in [0.717, 1.165) is 42.5 Å². The van der Waals surface area contributed by atoms with Crippen LogP contribution in [0.4, 0.5) is 0 Å². The highest BCUT2D eigenvalue weighted by Gasteiger charge is 2.22. The molecule has 0 radical (unpaired) electrons. The van der Waals surface area contributed by atoms with Crippen molar-refractivity contribution < 1.29 is 9.53 Å². The topological polar surface area (TPSA) is 29.5 Å². The lowest BCUT2D eigenvalue weighted by Crippen LogP contribution is -2.37. The van der Waals surface area contributed by atoms with E-state index in [-0.39, 0.29) is 12.1 Å². The third-order valence-corrected chi connectivity index (χ3v) is 4.94. The smallest absolute Gasteiger partial charge is 0.338 e. The number of aryl methyl sites for hydroxylation is 1. The molecule has 126 valence electrons. The Balaban J connectivity index is 1.47. The number of likely N-dealkylation sites (tertiary alicyclic amines) is 1. The van der Waals surface area contributed by atoms with Gasteiger partial charge in [-0.2, -0.15) is 0 Å². The number of carbonyl (C=O) groups excluding carboxylic acids is 1. The fourth-order valence-corrected chi connectivity index (χ4v) is 3.21. The van der Waals surface area contributed by atoms with Gasteiger partial charge in [0, 0.05) is 24.1 Å². The lowest BCUT2D eigenvalue weighted by atomic mass is 10.1. The van der Waals surface area contributed by atoms with Gasteiger partial charge in [-0.1, -0.05) is 45.8 Å². The van der Waals surface area contributed by atoms with Crippen LogP contribution in [0.25, 0.3) is 0 Å². The summed E-state index contributed by atoms with van der Waals surface area (Å²) in [4.78, 5) is 14.6. The predicted molar refractivity (Wildman–Crippen MR) is 99.0 cm³/mol. The van der Waals surface area contributed by atoms with Crippen LogP contribution in [0.1, 0.15) is 34.3 Å². The van der Waals surface area contributed by atoms with Gasteiger partial charge in [-0.05, 0) is 49.6 Å². The predicted octanol–water partition coefficient (Wildman–Crippen LogP) is 4.58. The second-order valence-corrected chi connectivity index (χ2v) is 7.29. The van der Waals surface area contributed by atoms with Gasteiger partial charge in [-0.15, -0.1) is 0 Å². The highest BCUT2D eigenvalue weighted by atomic mass is 79.9. The molecule has 3 rings (SSSR count). The van der Waals surface area contributed by atoms with Crippen molar-refractivity contribution in [1.82, 2.24) is 4.90 Å². The lowest BCUT2D eigenvalue weighted by Gasteiger charge is -2.31. The van der Waals surface area contributed by atoms with Crippen molar-refractivity contribution in [2.24, 2.45) is 0 Å². The average Bonchev–Trinajstić information content (AvgIpc) is 2.59. The van der Waals surface area contributed by atoms with Gasteiger partial charge in [0.15, 0.2) is 0 Å². The molecule has 0 aliphatic carbocycles. The molecule has 4 heteroatoms. The van der Waals surface area contributed by atoms with Crippen molar-refractivity contribution in [3.8, 4) is 0 Å². The Hall–Kier alpha value is -1.65. The van der Waals surface area contributed by atoms with Crippen LogP contribution in [0.3, 0.4) is 0 Å². The molecule has 1 fully saturated rings. The molecule has 2 aromatic carbocycles. The lowest BCUT2D eigenvalue weighted by molar-refractivity contribution is 0.0104. The van der Waals surface area contributed by atoms with Crippen LogP contribution >= 0.6 is 15.9 Å². The first-order valence-electron chi connectivity index (χ1n) is 8.34. The van der Waals surface area contributed by atoms with Gasteiger partial charge in [0.25, 0.3) is 0 Å². The summed E-state index contributed by atoms with van der Waals surface area (Å²) >= 11 is 3.46. The Morgan fingerprint density at radius 2 is 1.71 bits per heavy atom. The van der Waals surface area contributed by atoms with Crippen molar-refractivity contribution >= 4 is 21.9 Å². The van der Waals surface area contributed by atoms with E-state index in [2.05, 4.69) is 45.1 Å². The summed E-state index contributed by atoms with van der Waals surface area (Å²) in [7, 11) is 0. The zero-order chi connectivity index (χ0) is 16.9. The molecule has 0 N–H and O–H groups in total. The van der Waals surface area contributed by atoms with E-state index in [1.807, 2.05) is 31.2 Å². The minimum Gasteiger partial charge on any atom is -0.459 e. The van der Waals surface area contributed by atoms with Gasteiger partial charge in [-0.3, -0.25) is 4.90 Å². The van der Waals surface area contributed by atoms with Gasteiger partial charge in [0.1, 0.15) is 6.10 Å². The van der Waals surface area contributed by atoms with Crippen LogP contribution in [0.15, 0.2) is 53.0 Å². The summed E-state index contributed by atoms with van der Waals surface area (Å²) in [5.41, 5.74) is 3.10. The Kier molecular flexibility index (Phi) is 5.69. The minimum atomic E-state index is -0.207. The quantitative estimate of drug-likeness (QED) is 0.719. The highest BCUT2D eigenvalue weighted by molar-refractivity contribution is 9.10. The molecule has 1 aliphatic heterocycles. The second kappa shape index (κ2) is 7.95. The molecule has 24 heavy (non-hydrogen) atoms. The van der Waals surface area contributed by atoms with Gasteiger partial charge < -0.3 is 4.74 Å². The molecule has 0 amide bonds. The summed E-state index contributed by atoms with van der Waals surface area (Å²) in [5.74, 6) is -0.207. The molecule has 0 spiro atoms. The maximum Gasteiger partial charge on any atom is 0.338 e. The number of hydrogen-bond donors (Lipinski definition) is 0. The van der Waals surface area contributed by atoms with E-state index in [9.17, 15) is 4.79 Å². The third-order valence-electron chi connectivity index (χ3n) is 4.42. The Labute approximate surface area is 151 Å². The second-order valence-electron chi connectivity index (χ2n) is 6.37. The van der Waals surface area contributed by atoms with Crippen molar-refractivity contribution in [3.63, 3.8) is 0 Å². The average molecular weight is 388 g/mol. The molecular weight excluding hydrogens is 366 g/mol. The van der Waals surface area contributed by atoms with Gasteiger partial charge in [-0.25, -0.2) is 4.79 Å². The van der Waals surface area contributed by atoms with Crippen LogP contribution in [-0.2, 0) is 11.3 Å². The first kappa shape index (κ1) is 17.2. The fourth-order valence-electron chi connectivity index (χ4n) is 2.94. The Morgan fingerprint density at radius 3 is 2.33 bits per heavy atom. The first-order valence-corrected chi connectivity index (χ1v) is 9.14. The van der Waals surface area contributed by atoms with Crippen LogP contribution in [0.5, 0.6) is 0 Å². The van der Waals surface area contributed by atoms with Gasteiger partial charge in [0.05, 0.1) is 5.56 Å². The largest absolute Gasteiger partial charge is 0.459 e. The molecule has 2 aromatic rings. The van der Waals surface area contributed by atoms with Crippen LogP contribution in [-0.4, -0.2) is 30.1 Å². The molecule has 0 aromatic heterocycles. The number of esters is 1. The SMILES string of the molecule is Cc1ccc(C(=O)OC2CCN(Cc3ccc(Br)cc3)CC2)cc1. The van der Waals surface area contributed by atoms with Crippen LogP contribution < -0.4 is 0 Å². The summed E-state index contributed by atoms with van der Waals surface area (Å²) in [6.45, 7) is 4.88. The molecular formula is C20H22BrNO2. The molecule has 0 atom stereocenters. The number of nitrogens with zero attached hydrogens (tertiary/aromatic N) is 1. The summed E-state index contributed by atoms with van der Waals surface area (Å²) in [5, 5.41) is 0. The number of hydrogen-bond acceptors (Lipinski definition) is 3. The molecule has 1 aliphatic rings. The third kappa shape index (κ3) is 4.68. The summed E-state index contributed by atoms with van der Waals surface area (Å²) in [6.07, 6.45) is 1.82. The molecule has 0 saturated carbocycles. The molecule has 1 saturated heterocycles. The van der Waals surface area contributed by atoms with Crippen molar-refractivity contribution in [2.45, 2.75) is 32.4 Å². The molecule has 0 bridgehead atoms. The summed E-state index contributed by atoms with van der Waals surface area (Å²) in [6, 6.07) is 16.0. The number of benzene rings is 2. The van der Waals surface area contributed by atoms with E-state index in [1.54, 1.807) is 0 Å². The zero-order valence-electron chi connectivity index (χ0n) is 13.9. The highest BCUT2D eigenvalue weighted by Crippen LogP contribution is 2.19. The van der Waals surface area contributed by atoms with Crippen molar-refractivity contribution in [3.05, 3.63) is 69.7 Å². The standard InChI is InChI=1S/C20H22BrNO2/c1-15-2-6-17(7-3-15)20(23)24-19-10-12-22(13-11-19)14-16-4-8-18(21)9-5-16/h2-9,19H,10-14H2,1H3. The number of carbonyl (C=O) groups is 1. The fraction of sp³-hybridized carbons (Fsp3) is 0.350. The zero-order valence-corrected chi connectivity index (χ0v) is 15.5.